The Morgan fingerprint density at radius 1 is 1.56 bits per heavy atom. The zero-order valence-corrected chi connectivity index (χ0v) is 10.3. The van der Waals surface area contributed by atoms with E-state index in [1.165, 1.54) is 0 Å². The van der Waals surface area contributed by atoms with Crippen molar-refractivity contribution in [3.63, 3.8) is 0 Å². The maximum absolute atomic E-state index is 11.6. The molecule has 1 saturated heterocycles. The molecule has 1 heterocycles. The van der Waals surface area contributed by atoms with Crippen molar-refractivity contribution in [2.75, 3.05) is 24.6 Å². The molecule has 1 unspecified atom stereocenters. The molecule has 4 nitrogen and oxygen atoms in total. The van der Waals surface area contributed by atoms with E-state index in [0.717, 1.165) is 37.3 Å². The summed E-state index contributed by atoms with van der Waals surface area (Å²) in [6.45, 7) is 1.41. The SMILES string of the molecule is O=C(CC1CSCCN1)NCC1(O)CCC1. The maximum Gasteiger partial charge on any atom is 0.221 e. The van der Waals surface area contributed by atoms with E-state index in [4.69, 9.17) is 0 Å². The molecule has 2 aliphatic rings. The molecule has 0 aromatic rings. The zero-order valence-electron chi connectivity index (χ0n) is 9.50. The number of rotatable bonds is 4. The Bertz CT molecular complexity index is 250. The summed E-state index contributed by atoms with van der Waals surface area (Å²) in [5, 5.41) is 16.0. The van der Waals surface area contributed by atoms with Crippen LogP contribution in [0.15, 0.2) is 0 Å². The molecule has 1 saturated carbocycles. The van der Waals surface area contributed by atoms with Crippen molar-refractivity contribution in [1.82, 2.24) is 10.6 Å². The lowest BCUT2D eigenvalue weighted by Crippen LogP contribution is -2.49. The fraction of sp³-hybridized carbons (Fsp3) is 0.909. The molecular formula is C11H20N2O2S. The second kappa shape index (κ2) is 5.38. The molecule has 3 N–H and O–H groups in total. The fourth-order valence-corrected chi connectivity index (χ4v) is 3.02. The van der Waals surface area contributed by atoms with E-state index < -0.39 is 5.60 Å². The number of nitrogens with one attached hydrogen (secondary N) is 2. The van der Waals surface area contributed by atoms with Gasteiger partial charge >= 0.3 is 0 Å². The molecule has 1 aliphatic carbocycles. The van der Waals surface area contributed by atoms with Crippen molar-refractivity contribution >= 4 is 17.7 Å². The van der Waals surface area contributed by atoms with Crippen LogP contribution in [0.1, 0.15) is 25.7 Å². The van der Waals surface area contributed by atoms with Gasteiger partial charge in [0.05, 0.1) is 5.60 Å². The van der Waals surface area contributed by atoms with E-state index in [-0.39, 0.29) is 5.91 Å². The molecule has 2 fully saturated rings. The Morgan fingerprint density at radius 3 is 2.94 bits per heavy atom. The molecule has 5 heteroatoms. The Hall–Kier alpha value is -0.260. The largest absolute Gasteiger partial charge is 0.388 e. The topological polar surface area (TPSA) is 61.4 Å². The predicted molar refractivity (Wildman–Crippen MR) is 65.5 cm³/mol. The molecule has 0 bridgehead atoms. The van der Waals surface area contributed by atoms with Gasteiger partial charge in [-0.25, -0.2) is 0 Å². The van der Waals surface area contributed by atoms with Gasteiger partial charge in [-0.3, -0.25) is 4.79 Å². The van der Waals surface area contributed by atoms with Crippen LogP contribution in [0.25, 0.3) is 0 Å². The normalized spacial score (nSPS) is 28.2. The lowest BCUT2D eigenvalue weighted by atomic mass is 9.80. The first-order chi connectivity index (χ1) is 7.68. The van der Waals surface area contributed by atoms with E-state index in [1.807, 2.05) is 11.8 Å². The number of carbonyl (C=O) groups is 1. The van der Waals surface area contributed by atoms with Crippen molar-refractivity contribution in [2.45, 2.75) is 37.3 Å². The van der Waals surface area contributed by atoms with Crippen LogP contribution in [0.5, 0.6) is 0 Å². The molecule has 1 atom stereocenters. The highest BCUT2D eigenvalue weighted by atomic mass is 32.2. The van der Waals surface area contributed by atoms with Gasteiger partial charge < -0.3 is 15.7 Å². The van der Waals surface area contributed by atoms with Crippen molar-refractivity contribution in [2.24, 2.45) is 0 Å². The Morgan fingerprint density at radius 2 is 2.38 bits per heavy atom. The number of thioether (sulfide) groups is 1. The molecule has 0 radical (unpaired) electrons. The monoisotopic (exact) mass is 244 g/mol. The third-order valence-electron chi connectivity index (χ3n) is 3.33. The van der Waals surface area contributed by atoms with E-state index in [1.54, 1.807) is 0 Å². The Balaban J connectivity index is 1.63. The summed E-state index contributed by atoms with van der Waals surface area (Å²) in [5.74, 6) is 2.20. The minimum atomic E-state index is -0.607. The van der Waals surface area contributed by atoms with Gasteiger partial charge in [0.15, 0.2) is 0 Å². The molecule has 0 spiro atoms. The summed E-state index contributed by atoms with van der Waals surface area (Å²) in [4.78, 5) is 11.6. The van der Waals surface area contributed by atoms with Crippen LogP contribution in [-0.2, 0) is 4.79 Å². The number of hydrogen-bond donors (Lipinski definition) is 3. The van der Waals surface area contributed by atoms with Crippen molar-refractivity contribution in [3.8, 4) is 0 Å². The van der Waals surface area contributed by atoms with Crippen LogP contribution in [0.2, 0.25) is 0 Å². The van der Waals surface area contributed by atoms with E-state index in [2.05, 4.69) is 10.6 Å². The number of hydrogen-bond acceptors (Lipinski definition) is 4. The summed E-state index contributed by atoms with van der Waals surface area (Å²) in [7, 11) is 0. The van der Waals surface area contributed by atoms with Crippen LogP contribution < -0.4 is 10.6 Å². The van der Waals surface area contributed by atoms with Gasteiger partial charge in [-0.1, -0.05) is 0 Å². The second-order valence-electron chi connectivity index (χ2n) is 4.78. The predicted octanol–water partition coefficient (Wildman–Crippen LogP) is 0.113. The highest BCUT2D eigenvalue weighted by Gasteiger charge is 2.34. The summed E-state index contributed by atoms with van der Waals surface area (Å²) in [6, 6.07) is 0.301. The maximum atomic E-state index is 11.6. The molecule has 1 aliphatic heterocycles. The van der Waals surface area contributed by atoms with E-state index >= 15 is 0 Å². The molecule has 2 rings (SSSR count). The zero-order chi connectivity index (χ0) is 11.4. The van der Waals surface area contributed by atoms with Crippen LogP contribution in [0.3, 0.4) is 0 Å². The van der Waals surface area contributed by atoms with Gasteiger partial charge in [0.1, 0.15) is 0 Å². The van der Waals surface area contributed by atoms with Crippen LogP contribution >= 0.6 is 11.8 Å². The smallest absolute Gasteiger partial charge is 0.221 e. The molecule has 1 amide bonds. The molecule has 0 aromatic heterocycles. The minimum absolute atomic E-state index is 0.0559. The molecule has 92 valence electrons. The summed E-state index contributed by atoms with van der Waals surface area (Å²) >= 11 is 1.89. The summed E-state index contributed by atoms with van der Waals surface area (Å²) < 4.78 is 0. The number of carbonyl (C=O) groups excluding carboxylic acids is 1. The first-order valence-electron chi connectivity index (χ1n) is 5.98. The van der Waals surface area contributed by atoms with Crippen LogP contribution in [0.4, 0.5) is 0 Å². The van der Waals surface area contributed by atoms with Gasteiger partial charge in [0.2, 0.25) is 5.91 Å². The third-order valence-corrected chi connectivity index (χ3v) is 4.46. The van der Waals surface area contributed by atoms with Gasteiger partial charge in [-0.05, 0) is 19.3 Å². The van der Waals surface area contributed by atoms with Gasteiger partial charge in [-0.15, -0.1) is 0 Å². The Kier molecular flexibility index (Phi) is 4.10. The third kappa shape index (κ3) is 3.37. The quantitative estimate of drug-likeness (QED) is 0.657. The van der Waals surface area contributed by atoms with Crippen molar-refractivity contribution < 1.29 is 9.90 Å². The van der Waals surface area contributed by atoms with Crippen molar-refractivity contribution in [3.05, 3.63) is 0 Å². The summed E-state index contributed by atoms with van der Waals surface area (Å²) in [6.07, 6.45) is 3.26. The lowest BCUT2D eigenvalue weighted by Gasteiger charge is -2.36. The van der Waals surface area contributed by atoms with Gasteiger partial charge in [-0.2, -0.15) is 11.8 Å². The van der Waals surface area contributed by atoms with Crippen LogP contribution in [-0.4, -0.2) is 47.3 Å². The van der Waals surface area contributed by atoms with E-state index in [9.17, 15) is 9.90 Å². The van der Waals surface area contributed by atoms with E-state index in [0.29, 0.717) is 19.0 Å². The highest BCUT2D eigenvalue weighted by Crippen LogP contribution is 2.30. The van der Waals surface area contributed by atoms with Gasteiger partial charge in [0, 0.05) is 37.1 Å². The van der Waals surface area contributed by atoms with Gasteiger partial charge in [0.25, 0.3) is 0 Å². The fourth-order valence-electron chi connectivity index (χ4n) is 2.07. The number of aliphatic hydroxyl groups is 1. The molecular weight excluding hydrogens is 224 g/mol. The van der Waals surface area contributed by atoms with Crippen molar-refractivity contribution in [1.29, 1.82) is 0 Å². The summed E-state index contributed by atoms with van der Waals surface area (Å²) in [5.41, 5.74) is -0.607. The first kappa shape index (κ1) is 12.2. The number of amides is 1. The Labute approximate surface area is 101 Å². The molecule has 0 aromatic carbocycles. The molecule has 16 heavy (non-hydrogen) atoms. The minimum Gasteiger partial charge on any atom is -0.388 e. The van der Waals surface area contributed by atoms with Crippen LogP contribution in [0, 0.1) is 0 Å². The first-order valence-corrected chi connectivity index (χ1v) is 7.14. The highest BCUT2D eigenvalue weighted by molar-refractivity contribution is 7.99. The average molecular weight is 244 g/mol. The standard InChI is InChI=1S/C11H20N2O2S/c14-10(6-9-7-16-5-4-12-9)13-8-11(15)2-1-3-11/h9,12,15H,1-8H2,(H,13,14). The lowest BCUT2D eigenvalue weighted by molar-refractivity contribution is -0.123. The second-order valence-corrected chi connectivity index (χ2v) is 5.93. The average Bonchev–Trinajstić information content (AvgIpc) is 2.25.